The minimum atomic E-state index is -1.15. The van der Waals surface area contributed by atoms with Crippen molar-refractivity contribution in [2.24, 2.45) is 0 Å². The van der Waals surface area contributed by atoms with Crippen molar-refractivity contribution in [3.8, 4) is 0 Å². The van der Waals surface area contributed by atoms with Gasteiger partial charge in [-0.25, -0.2) is 9.18 Å². The van der Waals surface area contributed by atoms with Crippen LogP contribution >= 0.6 is 0 Å². The number of rotatable bonds is 1. The molecule has 54 valence electrons. The normalized spacial score (nSPS) is 9.30. The summed E-state index contributed by atoms with van der Waals surface area (Å²) in [7, 11) is 0. The number of hydrogen-bond donors (Lipinski definition) is 0. The third-order valence-electron chi connectivity index (χ3n) is 0.788. The van der Waals surface area contributed by atoms with E-state index in [2.05, 4.69) is 15.0 Å². The molecule has 6 heteroatoms. The lowest BCUT2D eigenvalue weighted by molar-refractivity contribution is 0.0964. The summed E-state index contributed by atoms with van der Waals surface area (Å²) in [5, 5.41) is 6.58. The molecule has 0 spiro atoms. The van der Waals surface area contributed by atoms with Gasteiger partial charge in [-0.3, -0.25) is 0 Å². The van der Waals surface area contributed by atoms with Gasteiger partial charge in [0, 0.05) is 0 Å². The number of aromatic nitrogens is 3. The number of halogens is 1. The van der Waals surface area contributed by atoms with Gasteiger partial charge in [0.05, 0.1) is 12.4 Å². The van der Waals surface area contributed by atoms with Crippen molar-refractivity contribution >= 4 is 6.09 Å². The summed E-state index contributed by atoms with van der Waals surface area (Å²) < 4.78 is 16.1. The van der Waals surface area contributed by atoms with E-state index >= 15 is 0 Å². The zero-order chi connectivity index (χ0) is 7.40. The van der Waals surface area contributed by atoms with Gasteiger partial charge in [-0.1, -0.05) is 5.21 Å². The molecule has 0 fully saturated rings. The van der Waals surface area contributed by atoms with Gasteiger partial charge in [-0.05, 0) is 0 Å². The van der Waals surface area contributed by atoms with Crippen LogP contribution < -0.4 is 0 Å². The SMILES string of the molecule is O=C(OCF)n1ccnn1. The van der Waals surface area contributed by atoms with Crippen LogP contribution in [0.5, 0.6) is 0 Å². The van der Waals surface area contributed by atoms with Gasteiger partial charge in [-0.15, -0.1) is 5.10 Å². The van der Waals surface area contributed by atoms with Crippen molar-refractivity contribution in [3.05, 3.63) is 12.4 Å². The molecule has 1 aromatic heterocycles. The first-order chi connectivity index (χ1) is 4.84. The van der Waals surface area contributed by atoms with Crippen molar-refractivity contribution in [1.82, 2.24) is 15.0 Å². The second-order valence-electron chi connectivity index (χ2n) is 1.37. The molecule has 1 heterocycles. The Kier molecular flexibility index (Phi) is 1.93. The van der Waals surface area contributed by atoms with E-state index < -0.39 is 13.0 Å². The zero-order valence-electron chi connectivity index (χ0n) is 4.90. The number of ether oxygens (including phenoxy) is 1. The average molecular weight is 145 g/mol. The van der Waals surface area contributed by atoms with Crippen LogP contribution in [-0.2, 0) is 4.74 Å². The van der Waals surface area contributed by atoms with Gasteiger partial charge < -0.3 is 4.74 Å². The van der Waals surface area contributed by atoms with Gasteiger partial charge >= 0.3 is 6.09 Å². The number of carbonyl (C=O) groups is 1. The van der Waals surface area contributed by atoms with E-state index in [9.17, 15) is 9.18 Å². The first-order valence-corrected chi connectivity index (χ1v) is 2.44. The summed E-state index contributed by atoms with van der Waals surface area (Å²) in [6.07, 6.45) is 1.68. The molecule has 1 aromatic rings. The molecule has 0 atom stereocenters. The van der Waals surface area contributed by atoms with Gasteiger partial charge in [0.25, 0.3) is 0 Å². The number of carbonyl (C=O) groups excluding carboxylic acids is 1. The Morgan fingerprint density at radius 1 is 1.80 bits per heavy atom. The summed E-state index contributed by atoms with van der Waals surface area (Å²) in [6, 6.07) is 0. The molecule has 0 unspecified atom stereocenters. The lowest BCUT2D eigenvalue weighted by Crippen LogP contribution is -2.13. The Bertz CT molecular complexity index is 210. The second kappa shape index (κ2) is 2.90. The van der Waals surface area contributed by atoms with Crippen LogP contribution in [0.2, 0.25) is 0 Å². The quantitative estimate of drug-likeness (QED) is 0.566. The van der Waals surface area contributed by atoms with Crippen LogP contribution in [0.25, 0.3) is 0 Å². The van der Waals surface area contributed by atoms with E-state index in [1.807, 2.05) is 0 Å². The lowest BCUT2D eigenvalue weighted by Gasteiger charge is -1.95. The molecular weight excluding hydrogens is 141 g/mol. The highest BCUT2D eigenvalue weighted by Crippen LogP contribution is 1.85. The molecule has 1 rings (SSSR count). The summed E-state index contributed by atoms with van der Waals surface area (Å²) in [5.41, 5.74) is 0. The van der Waals surface area contributed by atoms with Gasteiger partial charge in [-0.2, -0.15) is 4.68 Å². The number of alkyl halides is 1. The minimum Gasteiger partial charge on any atom is -0.416 e. The first-order valence-electron chi connectivity index (χ1n) is 2.44. The van der Waals surface area contributed by atoms with E-state index in [-0.39, 0.29) is 0 Å². The Morgan fingerprint density at radius 2 is 2.60 bits per heavy atom. The highest BCUT2D eigenvalue weighted by molar-refractivity contribution is 5.68. The molecule has 0 aliphatic heterocycles. The molecule has 0 radical (unpaired) electrons. The summed E-state index contributed by atoms with van der Waals surface area (Å²) in [4.78, 5) is 10.5. The fourth-order valence-electron chi connectivity index (χ4n) is 0.418. The number of hydrogen-bond acceptors (Lipinski definition) is 4. The van der Waals surface area contributed by atoms with Gasteiger partial charge in [0.2, 0.25) is 6.86 Å². The monoisotopic (exact) mass is 145 g/mol. The molecule has 5 nitrogen and oxygen atoms in total. The maximum absolute atomic E-state index is 11.3. The van der Waals surface area contributed by atoms with E-state index in [0.29, 0.717) is 0 Å². The Morgan fingerprint density at radius 3 is 3.10 bits per heavy atom. The van der Waals surface area contributed by atoms with Crippen LogP contribution in [0, 0.1) is 0 Å². The molecular formula is C4H4FN3O2. The summed E-state index contributed by atoms with van der Waals surface area (Å²) in [6.45, 7) is -1.15. The molecule has 0 saturated carbocycles. The van der Waals surface area contributed by atoms with Crippen LogP contribution in [0.1, 0.15) is 0 Å². The van der Waals surface area contributed by atoms with Crippen LogP contribution in [0.3, 0.4) is 0 Å². The third-order valence-corrected chi connectivity index (χ3v) is 0.788. The topological polar surface area (TPSA) is 57.0 Å². The molecule has 0 N–H and O–H groups in total. The maximum Gasteiger partial charge on any atom is 0.438 e. The van der Waals surface area contributed by atoms with Crippen LogP contribution in [-0.4, -0.2) is 27.9 Å². The van der Waals surface area contributed by atoms with Crippen molar-refractivity contribution in [2.45, 2.75) is 0 Å². The molecule has 0 aliphatic rings. The van der Waals surface area contributed by atoms with Crippen molar-refractivity contribution in [3.63, 3.8) is 0 Å². The van der Waals surface area contributed by atoms with E-state index in [0.717, 1.165) is 4.68 Å². The second-order valence-corrected chi connectivity index (χ2v) is 1.37. The predicted octanol–water partition coefficient (Wildman–Crippen LogP) is 0.190. The molecule has 0 aromatic carbocycles. The molecule has 0 aliphatic carbocycles. The lowest BCUT2D eigenvalue weighted by atomic mass is 10.9. The van der Waals surface area contributed by atoms with E-state index in [4.69, 9.17) is 0 Å². The maximum atomic E-state index is 11.3. The van der Waals surface area contributed by atoms with Crippen molar-refractivity contribution in [2.75, 3.05) is 6.86 Å². The fraction of sp³-hybridized carbons (Fsp3) is 0.250. The first kappa shape index (κ1) is 6.66. The van der Waals surface area contributed by atoms with Crippen LogP contribution in [0.4, 0.5) is 9.18 Å². The Hall–Kier alpha value is -1.46. The molecule has 10 heavy (non-hydrogen) atoms. The highest BCUT2D eigenvalue weighted by atomic mass is 19.1. The largest absolute Gasteiger partial charge is 0.438 e. The van der Waals surface area contributed by atoms with Crippen molar-refractivity contribution < 1.29 is 13.9 Å². The number of nitrogens with zero attached hydrogens (tertiary/aromatic N) is 3. The summed E-state index contributed by atoms with van der Waals surface area (Å²) >= 11 is 0. The third kappa shape index (κ3) is 1.28. The molecule has 0 amide bonds. The van der Waals surface area contributed by atoms with E-state index in [1.54, 1.807) is 0 Å². The Balaban J connectivity index is 2.59. The van der Waals surface area contributed by atoms with E-state index in [1.165, 1.54) is 12.4 Å². The predicted molar refractivity (Wildman–Crippen MR) is 27.9 cm³/mol. The van der Waals surface area contributed by atoms with Crippen molar-refractivity contribution in [1.29, 1.82) is 0 Å². The fourth-order valence-corrected chi connectivity index (χ4v) is 0.418. The Labute approximate surface area is 55.4 Å². The minimum absolute atomic E-state index is 0.791. The molecule has 0 bridgehead atoms. The summed E-state index contributed by atoms with van der Waals surface area (Å²) in [5.74, 6) is 0. The molecule has 0 saturated heterocycles. The smallest absolute Gasteiger partial charge is 0.416 e. The average Bonchev–Trinajstić information content (AvgIpc) is 2.38. The highest BCUT2D eigenvalue weighted by Gasteiger charge is 2.03. The zero-order valence-corrected chi connectivity index (χ0v) is 4.90. The standard InChI is InChI=1S/C4H4FN3O2/c5-3-10-4(9)8-2-1-6-7-8/h1-2H,3H2. The van der Waals surface area contributed by atoms with Gasteiger partial charge in [0.15, 0.2) is 0 Å². The van der Waals surface area contributed by atoms with Gasteiger partial charge in [0.1, 0.15) is 0 Å². The van der Waals surface area contributed by atoms with Crippen LogP contribution in [0.15, 0.2) is 12.4 Å².